The molecule has 0 aliphatic heterocycles. The highest BCUT2D eigenvalue weighted by Crippen LogP contribution is 2.34. The van der Waals surface area contributed by atoms with Crippen LogP contribution in [0, 0.1) is 0 Å². The van der Waals surface area contributed by atoms with Gasteiger partial charge in [-0.2, -0.15) is 0 Å². The van der Waals surface area contributed by atoms with Crippen LogP contribution in [0.5, 0.6) is 0 Å². The number of aromatic nitrogens is 2. The van der Waals surface area contributed by atoms with Gasteiger partial charge in [-0.3, -0.25) is 0 Å². The molecule has 4 aromatic rings. The van der Waals surface area contributed by atoms with Gasteiger partial charge in [0.1, 0.15) is 0 Å². The third-order valence-corrected chi connectivity index (χ3v) is 6.44. The maximum atomic E-state index is 11.5. The predicted octanol–water partition coefficient (Wildman–Crippen LogP) is 6.40. The maximum absolute atomic E-state index is 11.5. The van der Waals surface area contributed by atoms with Gasteiger partial charge in [0.2, 0.25) is 5.95 Å². The summed E-state index contributed by atoms with van der Waals surface area (Å²) in [7, 11) is 0. The quantitative estimate of drug-likeness (QED) is 0.372. The number of benzene rings is 3. The molecule has 1 aliphatic rings. The van der Waals surface area contributed by atoms with E-state index in [1.54, 1.807) is 12.1 Å². The van der Waals surface area contributed by atoms with Crippen LogP contribution in [-0.4, -0.2) is 20.6 Å². The number of hydrogen-bond donors (Lipinski definition) is 2. The van der Waals surface area contributed by atoms with E-state index in [0.29, 0.717) is 12.6 Å². The zero-order valence-electron chi connectivity index (χ0n) is 17.6. The van der Waals surface area contributed by atoms with E-state index in [0.717, 1.165) is 29.8 Å². The van der Waals surface area contributed by atoms with Crippen LogP contribution >= 0.6 is 0 Å². The summed E-state index contributed by atoms with van der Waals surface area (Å²) in [6, 6.07) is 20.5. The molecule has 0 saturated heterocycles. The van der Waals surface area contributed by atoms with Crippen molar-refractivity contribution < 1.29 is 9.90 Å². The second-order valence-electron chi connectivity index (χ2n) is 8.45. The number of anilines is 1. The van der Waals surface area contributed by atoms with Gasteiger partial charge < -0.3 is 15.0 Å². The van der Waals surface area contributed by atoms with Crippen molar-refractivity contribution in [1.29, 1.82) is 0 Å². The number of nitrogens with one attached hydrogen (secondary N) is 1. The lowest BCUT2D eigenvalue weighted by atomic mass is 10.0. The van der Waals surface area contributed by atoms with Crippen LogP contribution in [0.15, 0.2) is 60.7 Å². The molecule has 5 nitrogen and oxygen atoms in total. The number of carboxylic acids is 1. The molecule has 5 heteroatoms. The van der Waals surface area contributed by atoms with E-state index in [2.05, 4.69) is 52.3 Å². The lowest BCUT2D eigenvalue weighted by Crippen LogP contribution is -2.13. The third-order valence-electron chi connectivity index (χ3n) is 6.44. The standard InChI is InChI=1S/C26H27N3O2/c30-25(31)19-14-15-24-23(16-19)28-26(29(24)21-11-3-1-2-4-12-21)27-17-20-10-7-9-18-8-5-6-13-22(18)20/h5-10,13-16,21H,1-4,11-12,17H2,(H,27,28)(H,30,31). The monoisotopic (exact) mass is 413 g/mol. The minimum absolute atomic E-state index is 0.276. The van der Waals surface area contributed by atoms with Crippen molar-refractivity contribution in [2.75, 3.05) is 5.32 Å². The minimum Gasteiger partial charge on any atom is -0.478 e. The van der Waals surface area contributed by atoms with Gasteiger partial charge in [0.15, 0.2) is 0 Å². The number of rotatable bonds is 5. The summed E-state index contributed by atoms with van der Waals surface area (Å²) in [6.07, 6.45) is 7.28. The average Bonchev–Trinajstić information content (AvgIpc) is 2.94. The third kappa shape index (κ3) is 3.88. The lowest BCUT2D eigenvalue weighted by molar-refractivity contribution is 0.0697. The largest absolute Gasteiger partial charge is 0.478 e. The topological polar surface area (TPSA) is 67.2 Å². The number of carbonyl (C=O) groups is 1. The normalized spacial score (nSPS) is 15.2. The summed E-state index contributed by atoms with van der Waals surface area (Å²) in [5.74, 6) is -0.0893. The summed E-state index contributed by atoms with van der Waals surface area (Å²) < 4.78 is 2.32. The van der Waals surface area contributed by atoms with Crippen LogP contribution in [0.2, 0.25) is 0 Å². The van der Waals surface area contributed by atoms with Crippen molar-refractivity contribution in [3.63, 3.8) is 0 Å². The van der Waals surface area contributed by atoms with Crippen molar-refractivity contribution in [3.05, 3.63) is 71.8 Å². The SMILES string of the molecule is O=C(O)c1ccc2c(c1)nc(NCc1cccc3ccccc13)n2C1CCCCCC1. The number of carboxylic acid groups (broad SMARTS) is 1. The number of hydrogen-bond acceptors (Lipinski definition) is 3. The van der Waals surface area contributed by atoms with Gasteiger partial charge in [-0.25, -0.2) is 9.78 Å². The molecule has 5 rings (SSSR count). The van der Waals surface area contributed by atoms with Crippen LogP contribution in [0.1, 0.15) is 60.5 Å². The van der Waals surface area contributed by atoms with Crippen molar-refractivity contribution in [2.24, 2.45) is 0 Å². The molecule has 0 amide bonds. The number of aromatic carboxylic acids is 1. The Kier molecular flexibility index (Phi) is 5.33. The molecule has 31 heavy (non-hydrogen) atoms. The summed E-state index contributed by atoms with van der Waals surface area (Å²) in [5.41, 5.74) is 3.25. The molecule has 2 N–H and O–H groups in total. The lowest BCUT2D eigenvalue weighted by Gasteiger charge is -2.21. The van der Waals surface area contributed by atoms with Gasteiger partial charge in [0.05, 0.1) is 16.6 Å². The Hall–Kier alpha value is -3.34. The van der Waals surface area contributed by atoms with Crippen LogP contribution in [0.25, 0.3) is 21.8 Å². The summed E-state index contributed by atoms with van der Waals surface area (Å²) in [4.78, 5) is 16.3. The van der Waals surface area contributed by atoms with E-state index >= 15 is 0 Å². The van der Waals surface area contributed by atoms with Crippen LogP contribution in [0.4, 0.5) is 5.95 Å². The second-order valence-corrected chi connectivity index (χ2v) is 8.45. The molecule has 3 aromatic carbocycles. The van der Waals surface area contributed by atoms with Crippen molar-refractivity contribution in [3.8, 4) is 0 Å². The molecular weight excluding hydrogens is 386 g/mol. The average molecular weight is 414 g/mol. The molecule has 158 valence electrons. The van der Waals surface area contributed by atoms with E-state index < -0.39 is 5.97 Å². The first-order valence-electron chi connectivity index (χ1n) is 11.2. The molecule has 0 spiro atoms. The molecule has 0 atom stereocenters. The molecule has 1 aromatic heterocycles. The maximum Gasteiger partial charge on any atom is 0.335 e. The smallest absolute Gasteiger partial charge is 0.335 e. The van der Waals surface area contributed by atoms with E-state index in [4.69, 9.17) is 4.98 Å². The number of fused-ring (bicyclic) bond motifs is 2. The molecule has 0 bridgehead atoms. The Labute approximate surface area is 181 Å². The fourth-order valence-electron chi connectivity index (χ4n) is 4.86. The number of imidazole rings is 1. The van der Waals surface area contributed by atoms with E-state index in [9.17, 15) is 9.90 Å². The van der Waals surface area contributed by atoms with Crippen LogP contribution in [0.3, 0.4) is 0 Å². The Bertz CT molecular complexity index is 1230. The Morgan fingerprint density at radius 1 is 1.00 bits per heavy atom. The summed E-state index contributed by atoms with van der Waals surface area (Å²) >= 11 is 0. The first kappa shape index (κ1) is 19.6. The minimum atomic E-state index is -0.920. The fraction of sp³-hybridized carbons (Fsp3) is 0.308. The molecule has 0 unspecified atom stereocenters. The van der Waals surface area contributed by atoms with Gasteiger partial charge in [-0.1, -0.05) is 68.1 Å². The van der Waals surface area contributed by atoms with Gasteiger partial charge >= 0.3 is 5.97 Å². The highest BCUT2D eigenvalue weighted by atomic mass is 16.4. The molecule has 1 heterocycles. The second kappa shape index (κ2) is 8.42. The predicted molar refractivity (Wildman–Crippen MR) is 125 cm³/mol. The molecule has 1 aliphatic carbocycles. The van der Waals surface area contributed by atoms with E-state index in [1.807, 2.05) is 6.07 Å². The highest BCUT2D eigenvalue weighted by molar-refractivity contribution is 5.93. The molecule has 1 fully saturated rings. The zero-order valence-corrected chi connectivity index (χ0v) is 17.6. The molecule has 1 saturated carbocycles. The van der Waals surface area contributed by atoms with Crippen molar-refractivity contribution in [1.82, 2.24) is 9.55 Å². The zero-order chi connectivity index (χ0) is 21.2. The van der Waals surface area contributed by atoms with E-state index in [1.165, 1.54) is 42.0 Å². The fourth-order valence-corrected chi connectivity index (χ4v) is 4.86. The van der Waals surface area contributed by atoms with Gasteiger partial charge in [0, 0.05) is 12.6 Å². The van der Waals surface area contributed by atoms with E-state index in [-0.39, 0.29) is 5.56 Å². The van der Waals surface area contributed by atoms with Crippen LogP contribution < -0.4 is 5.32 Å². The van der Waals surface area contributed by atoms with Gasteiger partial charge in [-0.15, -0.1) is 0 Å². The molecule has 0 radical (unpaired) electrons. The summed E-state index contributed by atoms with van der Waals surface area (Å²) in [5, 5.41) is 15.5. The first-order valence-corrected chi connectivity index (χ1v) is 11.2. The highest BCUT2D eigenvalue weighted by Gasteiger charge is 2.21. The Balaban J connectivity index is 1.54. The molecular formula is C26H27N3O2. The Morgan fingerprint density at radius 3 is 2.58 bits per heavy atom. The first-order chi connectivity index (χ1) is 15.2. The summed E-state index contributed by atoms with van der Waals surface area (Å²) in [6.45, 7) is 0.670. The van der Waals surface area contributed by atoms with Crippen molar-refractivity contribution in [2.45, 2.75) is 51.1 Å². The van der Waals surface area contributed by atoms with Gasteiger partial charge in [-0.05, 0) is 47.4 Å². The van der Waals surface area contributed by atoms with Gasteiger partial charge in [0.25, 0.3) is 0 Å². The van der Waals surface area contributed by atoms with Crippen molar-refractivity contribution >= 4 is 33.7 Å². The Morgan fingerprint density at radius 2 is 1.77 bits per heavy atom. The number of nitrogens with zero attached hydrogens (tertiary/aromatic N) is 2. The van der Waals surface area contributed by atoms with Crippen LogP contribution in [-0.2, 0) is 6.54 Å².